The summed E-state index contributed by atoms with van der Waals surface area (Å²) in [5.41, 5.74) is 2.90. The van der Waals surface area contributed by atoms with E-state index in [1.165, 1.54) is 4.31 Å². The molecule has 0 aliphatic carbocycles. The molecule has 2 aromatic rings. The van der Waals surface area contributed by atoms with Crippen LogP contribution in [-0.2, 0) is 30.2 Å². The summed E-state index contributed by atoms with van der Waals surface area (Å²) in [5.74, 6) is -1.10. The summed E-state index contributed by atoms with van der Waals surface area (Å²) in [7, 11) is -1.78. The maximum absolute atomic E-state index is 11.8. The number of carboxylic acids is 1. The van der Waals surface area contributed by atoms with E-state index >= 15 is 0 Å². The van der Waals surface area contributed by atoms with Gasteiger partial charge in [0.05, 0.1) is 5.56 Å². The average Bonchev–Trinajstić information content (AvgIpc) is 3.11. The normalized spacial score (nSPS) is 16.3. The molecule has 0 bridgehead atoms. The Kier molecular flexibility index (Phi) is 5.06. The molecule has 1 saturated heterocycles. The van der Waals surface area contributed by atoms with Gasteiger partial charge in [0, 0.05) is 37.9 Å². The Labute approximate surface area is 157 Å². The van der Waals surface area contributed by atoms with E-state index in [4.69, 9.17) is 0 Å². The van der Waals surface area contributed by atoms with E-state index in [2.05, 4.69) is 10.8 Å². The Morgan fingerprint density at radius 2 is 2.00 bits per heavy atom. The van der Waals surface area contributed by atoms with Gasteiger partial charge in [-0.25, -0.2) is 9.52 Å². The first-order valence-corrected chi connectivity index (χ1v) is 9.93. The van der Waals surface area contributed by atoms with Gasteiger partial charge in [0.15, 0.2) is 0 Å². The van der Waals surface area contributed by atoms with E-state index in [0.29, 0.717) is 41.9 Å². The first-order valence-electron chi connectivity index (χ1n) is 8.49. The molecule has 0 amide bonds. The molecular formula is C18H20N4O4S. The van der Waals surface area contributed by atoms with Gasteiger partial charge in [0.25, 0.3) is 10.2 Å². The second-order valence-electron chi connectivity index (χ2n) is 6.30. The maximum atomic E-state index is 11.8. The maximum Gasteiger partial charge on any atom is 0.353 e. The third kappa shape index (κ3) is 3.35. The monoisotopic (exact) mass is 388 g/mol. The van der Waals surface area contributed by atoms with Crippen molar-refractivity contribution >= 4 is 16.2 Å². The van der Waals surface area contributed by atoms with Crippen molar-refractivity contribution in [3.8, 4) is 17.2 Å². The Hall–Kier alpha value is -2.67. The highest BCUT2D eigenvalue weighted by molar-refractivity contribution is 7.87. The lowest BCUT2D eigenvalue weighted by Crippen LogP contribution is -2.28. The quantitative estimate of drug-likeness (QED) is 0.805. The number of benzene rings is 1. The molecule has 0 radical (unpaired) electrons. The van der Waals surface area contributed by atoms with E-state index in [1.54, 1.807) is 35.9 Å². The van der Waals surface area contributed by atoms with Gasteiger partial charge in [-0.15, -0.1) is 0 Å². The van der Waals surface area contributed by atoms with Crippen LogP contribution in [0.4, 0.5) is 0 Å². The molecule has 2 heterocycles. The number of nitriles is 1. The van der Waals surface area contributed by atoms with Gasteiger partial charge < -0.3 is 9.67 Å². The summed E-state index contributed by atoms with van der Waals surface area (Å²) in [5, 5.41) is 19.2. The van der Waals surface area contributed by atoms with E-state index in [1.807, 2.05) is 6.92 Å². The number of nitrogens with zero attached hydrogens (tertiary/aromatic N) is 3. The molecule has 2 N–H and O–H groups in total. The molecule has 1 aromatic heterocycles. The van der Waals surface area contributed by atoms with Crippen molar-refractivity contribution in [1.82, 2.24) is 13.6 Å². The summed E-state index contributed by atoms with van der Waals surface area (Å²) in [4.78, 5) is 11.8. The van der Waals surface area contributed by atoms with E-state index in [9.17, 15) is 23.6 Å². The predicted molar refractivity (Wildman–Crippen MR) is 99.2 cm³/mol. The second-order valence-corrected chi connectivity index (χ2v) is 8.06. The largest absolute Gasteiger partial charge is 0.477 e. The van der Waals surface area contributed by atoms with Gasteiger partial charge in [0.2, 0.25) is 0 Å². The Morgan fingerprint density at radius 3 is 2.48 bits per heavy atom. The second kappa shape index (κ2) is 7.15. The van der Waals surface area contributed by atoms with Crippen LogP contribution in [0.15, 0.2) is 24.3 Å². The van der Waals surface area contributed by atoms with Crippen molar-refractivity contribution in [2.24, 2.45) is 7.05 Å². The highest BCUT2D eigenvalue weighted by Gasteiger charge is 2.28. The van der Waals surface area contributed by atoms with Crippen molar-refractivity contribution in [2.75, 3.05) is 13.1 Å². The Bertz CT molecular complexity index is 1030. The SMILES string of the molecule is CCc1c(C#N)c(-c2ccc(CN3CCNS3(=O)=O)cc2)c(C(=O)O)n1C. The molecule has 1 aliphatic rings. The Balaban J connectivity index is 2.01. The predicted octanol–water partition coefficient (Wildman–Crippen LogP) is 1.47. The average molecular weight is 388 g/mol. The van der Waals surface area contributed by atoms with E-state index < -0.39 is 16.2 Å². The van der Waals surface area contributed by atoms with Crippen LogP contribution in [0.5, 0.6) is 0 Å². The number of hydrogen-bond acceptors (Lipinski definition) is 4. The zero-order valence-electron chi connectivity index (χ0n) is 15.1. The first-order chi connectivity index (χ1) is 12.8. The van der Waals surface area contributed by atoms with Crippen molar-refractivity contribution in [2.45, 2.75) is 19.9 Å². The smallest absolute Gasteiger partial charge is 0.353 e. The lowest BCUT2D eigenvalue weighted by Gasteiger charge is -2.13. The molecular weight excluding hydrogens is 368 g/mol. The van der Waals surface area contributed by atoms with Crippen LogP contribution in [0.3, 0.4) is 0 Å². The van der Waals surface area contributed by atoms with Gasteiger partial charge in [-0.3, -0.25) is 0 Å². The van der Waals surface area contributed by atoms with Crippen LogP contribution in [0.2, 0.25) is 0 Å². The van der Waals surface area contributed by atoms with Gasteiger partial charge >= 0.3 is 5.97 Å². The van der Waals surface area contributed by atoms with Gasteiger partial charge in [0.1, 0.15) is 11.8 Å². The molecule has 0 atom stereocenters. The topological polar surface area (TPSA) is 115 Å². The molecule has 142 valence electrons. The van der Waals surface area contributed by atoms with Crippen LogP contribution in [0.25, 0.3) is 11.1 Å². The fraction of sp³-hybridized carbons (Fsp3) is 0.333. The first kappa shape index (κ1) is 19.1. The minimum absolute atomic E-state index is 0.0717. The zero-order chi connectivity index (χ0) is 19.8. The number of nitrogens with one attached hydrogen (secondary N) is 1. The summed E-state index contributed by atoms with van der Waals surface area (Å²) >= 11 is 0. The molecule has 0 spiro atoms. The third-order valence-corrected chi connectivity index (χ3v) is 6.31. The lowest BCUT2D eigenvalue weighted by atomic mass is 9.99. The van der Waals surface area contributed by atoms with Gasteiger partial charge in [-0.1, -0.05) is 31.2 Å². The van der Waals surface area contributed by atoms with Gasteiger partial charge in [-0.2, -0.15) is 18.0 Å². The minimum Gasteiger partial charge on any atom is -0.477 e. The molecule has 3 rings (SSSR count). The van der Waals surface area contributed by atoms with Crippen LogP contribution in [0.1, 0.15) is 34.2 Å². The molecule has 9 heteroatoms. The van der Waals surface area contributed by atoms with Crippen molar-refractivity contribution in [3.05, 3.63) is 46.8 Å². The zero-order valence-corrected chi connectivity index (χ0v) is 15.9. The standard InChI is InChI=1S/C18H20N4O4S/c1-3-15-14(10-19)16(17(18(23)24)21(15)2)13-6-4-12(5-7-13)11-22-9-8-20-27(22,25)26/h4-7,20H,3,8-9,11H2,1-2H3,(H,23,24). The fourth-order valence-corrected chi connectivity index (χ4v) is 4.64. The third-order valence-electron chi connectivity index (χ3n) is 4.75. The summed E-state index contributed by atoms with van der Waals surface area (Å²) < 4.78 is 29.0. The minimum atomic E-state index is -3.42. The molecule has 27 heavy (non-hydrogen) atoms. The molecule has 0 unspecified atom stereocenters. The summed E-state index contributed by atoms with van der Waals surface area (Å²) in [6.07, 6.45) is 0.539. The molecule has 8 nitrogen and oxygen atoms in total. The van der Waals surface area contributed by atoms with E-state index in [-0.39, 0.29) is 12.2 Å². The van der Waals surface area contributed by atoms with Crippen molar-refractivity contribution < 1.29 is 18.3 Å². The number of aromatic carboxylic acids is 1. The highest BCUT2D eigenvalue weighted by Crippen LogP contribution is 2.33. The van der Waals surface area contributed by atoms with Crippen molar-refractivity contribution in [1.29, 1.82) is 5.26 Å². The summed E-state index contributed by atoms with van der Waals surface area (Å²) in [6, 6.07) is 9.11. The molecule has 1 aromatic carbocycles. The molecule has 1 aliphatic heterocycles. The highest BCUT2D eigenvalue weighted by atomic mass is 32.2. The number of rotatable bonds is 5. The lowest BCUT2D eigenvalue weighted by molar-refractivity contribution is 0.0687. The van der Waals surface area contributed by atoms with Crippen molar-refractivity contribution in [3.63, 3.8) is 0 Å². The van der Waals surface area contributed by atoms with Crippen LogP contribution in [-0.4, -0.2) is 41.5 Å². The number of carboxylic acid groups (broad SMARTS) is 1. The van der Waals surface area contributed by atoms with E-state index in [0.717, 1.165) is 5.56 Å². The van der Waals surface area contributed by atoms with Crippen LogP contribution < -0.4 is 4.72 Å². The molecule has 1 fully saturated rings. The van der Waals surface area contributed by atoms with Crippen LogP contribution >= 0.6 is 0 Å². The number of hydrogen-bond donors (Lipinski definition) is 2. The Morgan fingerprint density at radius 1 is 1.33 bits per heavy atom. The molecule has 0 saturated carbocycles. The van der Waals surface area contributed by atoms with Crippen LogP contribution in [0, 0.1) is 11.3 Å². The van der Waals surface area contributed by atoms with Gasteiger partial charge in [-0.05, 0) is 17.5 Å². The number of carbonyl (C=O) groups is 1. The fourth-order valence-electron chi connectivity index (χ4n) is 3.45. The number of aromatic nitrogens is 1. The summed E-state index contributed by atoms with van der Waals surface area (Å²) in [6.45, 7) is 2.91.